The van der Waals surface area contributed by atoms with Crippen LogP contribution in [0.15, 0.2) is 12.7 Å². The van der Waals surface area contributed by atoms with E-state index < -0.39 is 17.3 Å². The van der Waals surface area contributed by atoms with Crippen molar-refractivity contribution < 1.29 is 14.3 Å². The molecule has 1 rings (SSSR count). The molecule has 0 bridgehead atoms. The van der Waals surface area contributed by atoms with Crippen LogP contribution < -0.4 is 0 Å². The van der Waals surface area contributed by atoms with Crippen LogP contribution in [-0.4, -0.2) is 41.1 Å². The van der Waals surface area contributed by atoms with Crippen molar-refractivity contribution >= 4 is 23.6 Å². The van der Waals surface area contributed by atoms with E-state index in [1.807, 2.05) is 13.0 Å². The van der Waals surface area contributed by atoms with Crippen molar-refractivity contribution in [3.05, 3.63) is 12.7 Å². The average Bonchev–Trinajstić information content (AvgIpc) is 2.69. The van der Waals surface area contributed by atoms with E-state index >= 15 is 0 Å². The topological polar surface area (TPSA) is 70.4 Å². The lowest BCUT2D eigenvalue weighted by Gasteiger charge is -2.24. The lowest BCUT2D eigenvalue weighted by molar-refractivity contribution is -0.146. The standard InChI is InChI=1S/C11H14N2O3S/c1-3-5-16-11(15)8(6-12)10-13(4-2)9(14)7-17-10/h3,8,10H,1,4-5,7H2,2H3/t8?,10-/m0/s1. The molecule has 0 aromatic heterocycles. The molecule has 0 aromatic rings. The number of hydrogen-bond acceptors (Lipinski definition) is 5. The number of rotatable bonds is 5. The minimum Gasteiger partial charge on any atom is -0.460 e. The minimum absolute atomic E-state index is 0.0423. The Morgan fingerprint density at radius 3 is 3.12 bits per heavy atom. The molecule has 5 nitrogen and oxygen atoms in total. The van der Waals surface area contributed by atoms with Crippen molar-refractivity contribution in [3.8, 4) is 6.07 Å². The highest BCUT2D eigenvalue weighted by Crippen LogP contribution is 2.30. The number of ether oxygens (including phenoxy) is 1. The summed E-state index contributed by atoms with van der Waals surface area (Å²) in [6, 6.07) is 1.91. The van der Waals surface area contributed by atoms with Crippen molar-refractivity contribution in [1.29, 1.82) is 5.26 Å². The Morgan fingerprint density at radius 1 is 1.88 bits per heavy atom. The Morgan fingerprint density at radius 2 is 2.59 bits per heavy atom. The van der Waals surface area contributed by atoms with Crippen molar-refractivity contribution in [1.82, 2.24) is 4.90 Å². The predicted octanol–water partition coefficient (Wildman–Crippen LogP) is 0.777. The first-order valence-corrected chi connectivity index (χ1v) is 6.28. The van der Waals surface area contributed by atoms with Gasteiger partial charge in [0.25, 0.3) is 0 Å². The molecule has 6 heteroatoms. The maximum atomic E-state index is 11.6. The highest BCUT2D eigenvalue weighted by molar-refractivity contribution is 8.01. The summed E-state index contributed by atoms with van der Waals surface area (Å²) in [4.78, 5) is 24.7. The van der Waals surface area contributed by atoms with Crippen LogP contribution in [0.1, 0.15) is 6.92 Å². The van der Waals surface area contributed by atoms with Gasteiger partial charge >= 0.3 is 5.97 Å². The molecule has 0 N–H and O–H groups in total. The number of amides is 1. The van der Waals surface area contributed by atoms with Gasteiger partial charge in [-0.05, 0) is 6.92 Å². The molecule has 1 saturated heterocycles. The number of nitrogens with zero attached hydrogens (tertiary/aromatic N) is 2. The largest absolute Gasteiger partial charge is 0.460 e. The Bertz CT molecular complexity index is 364. The van der Waals surface area contributed by atoms with Crippen LogP contribution in [0.3, 0.4) is 0 Å². The van der Waals surface area contributed by atoms with Crippen molar-refractivity contribution in [2.24, 2.45) is 5.92 Å². The van der Waals surface area contributed by atoms with E-state index in [1.165, 1.54) is 22.7 Å². The summed E-state index contributed by atoms with van der Waals surface area (Å²) in [6.07, 6.45) is 1.44. The van der Waals surface area contributed by atoms with Gasteiger partial charge in [0.15, 0.2) is 5.92 Å². The van der Waals surface area contributed by atoms with Gasteiger partial charge in [-0.15, -0.1) is 11.8 Å². The summed E-state index contributed by atoms with van der Waals surface area (Å²) in [5, 5.41) is 8.59. The second-order valence-electron chi connectivity index (χ2n) is 3.41. The van der Waals surface area contributed by atoms with Crippen LogP contribution >= 0.6 is 11.8 Å². The number of esters is 1. The third-order valence-corrected chi connectivity index (χ3v) is 3.65. The summed E-state index contributed by atoms with van der Waals surface area (Å²) in [6.45, 7) is 5.82. The third kappa shape index (κ3) is 3.01. The minimum atomic E-state index is -0.939. The van der Waals surface area contributed by atoms with E-state index in [9.17, 15) is 9.59 Å². The van der Waals surface area contributed by atoms with Crippen LogP contribution in [0.25, 0.3) is 0 Å². The van der Waals surface area contributed by atoms with Crippen LogP contribution in [-0.2, 0) is 14.3 Å². The summed E-state index contributed by atoms with van der Waals surface area (Å²) in [5.41, 5.74) is 0. The van der Waals surface area contributed by atoms with Gasteiger partial charge in [-0.25, -0.2) is 0 Å². The molecule has 2 atom stereocenters. The fourth-order valence-corrected chi connectivity index (χ4v) is 2.86. The second kappa shape index (κ2) is 6.30. The molecule has 1 amide bonds. The van der Waals surface area contributed by atoms with Crippen molar-refractivity contribution in [2.45, 2.75) is 12.3 Å². The summed E-state index contributed by atoms with van der Waals surface area (Å²) in [5.74, 6) is -1.27. The Balaban J connectivity index is 2.74. The monoisotopic (exact) mass is 254 g/mol. The molecule has 0 saturated carbocycles. The molecular weight excluding hydrogens is 240 g/mol. The first kappa shape index (κ1) is 13.6. The summed E-state index contributed by atoms with van der Waals surface area (Å²) < 4.78 is 4.85. The van der Waals surface area contributed by atoms with Crippen LogP contribution in [0.4, 0.5) is 0 Å². The molecule has 0 spiro atoms. The molecular formula is C11H14N2O3S. The van der Waals surface area contributed by atoms with E-state index in [2.05, 4.69) is 6.58 Å². The molecule has 1 aliphatic rings. The van der Waals surface area contributed by atoms with Gasteiger partial charge in [-0.2, -0.15) is 5.26 Å². The molecule has 0 radical (unpaired) electrons. The normalized spacial score (nSPS) is 20.8. The van der Waals surface area contributed by atoms with Gasteiger partial charge in [0.2, 0.25) is 5.91 Å². The number of carbonyl (C=O) groups excluding carboxylic acids is 2. The fraction of sp³-hybridized carbons (Fsp3) is 0.545. The highest BCUT2D eigenvalue weighted by Gasteiger charge is 2.40. The number of thioether (sulfide) groups is 1. The van der Waals surface area contributed by atoms with Crippen LogP contribution in [0.2, 0.25) is 0 Å². The van der Waals surface area contributed by atoms with E-state index in [0.717, 1.165) is 0 Å². The highest BCUT2D eigenvalue weighted by atomic mass is 32.2. The second-order valence-corrected chi connectivity index (χ2v) is 4.51. The molecule has 1 aliphatic heterocycles. The maximum Gasteiger partial charge on any atom is 0.326 e. The smallest absolute Gasteiger partial charge is 0.326 e. The fourth-order valence-electron chi connectivity index (χ4n) is 1.57. The first-order valence-electron chi connectivity index (χ1n) is 5.23. The van der Waals surface area contributed by atoms with Gasteiger partial charge in [0, 0.05) is 6.54 Å². The first-order chi connectivity index (χ1) is 8.15. The van der Waals surface area contributed by atoms with E-state index in [0.29, 0.717) is 12.3 Å². The van der Waals surface area contributed by atoms with Crippen molar-refractivity contribution in [3.63, 3.8) is 0 Å². The lowest BCUT2D eigenvalue weighted by Crippen LogP contribution is -2.40. The van der Waals surface area contributed by atoms with Crippen LogP contribution in [0, 0.1) is 17.2 Å². The quantitative estimate of drug-likeness (QED) is 0.535. The van der Waals surface area contributed by atoms with Gasteiger partial charge in [-0.3, -0.25) is 9.59 Å². The number of hydrogen-bond donors (Lipinski definition) is 0. The molecule has 0 aromatic carbocycles. The van der Waals surface area contributed by atoms with Crippen LogP contribution in [0.5, 0.6) is 0 Å². The van der Waals surface area contributed by atoms with E-state index in [1.54, 1.807) is 0 Å². The Kier molecular flexibility index (Phi) is 5.04. The third-order valence-electron chi connectivity index (χ3n) is 2.37. The number of nitriles is 1. The number of carbonyl (C=O) groups is 2. The zero-order valence-corrected chi connectivity index (χ0v) is 10.4. The Labute approximate surface area is 104 Å². The zero-order valence-electron chi connectivity index (χ0n) is 9.59. The molecule has 1 heterocycles. The molecule has 17 heavy (non-hydrogen) atoms. The van der Waals surface area contributed by atoms with E-state index in [-0.39, 0.29) is 12.5 Å². The molecule has 1 unspecified atom stereocenters. The van der Waals surface area contributed by atoms with Gasteiger partial charge < -0.3 is 9.64 Å². The van der Waals surface area contributed by atoms with Gasteiger partial charge in [0.05, 0.1) is 11.8 Å². The molecule has 92 valence electrons. The van der Waals surface area contributed by atoms with E-state index in [4.69, 9.17) is 10.00 Å². The maximum absolute atomic E-state index is 11.6. The van der Waals surface area contributed by atoms with Gasteiger partial charge in [0.1, 0.15) is 12.0 Å². The predicted molar refractivity (Wildman–Crippen MR) is 63.9 cm³/mol. The van der Waals surface area contributed by atoms with Crippen molar-refractivity contribution in [2.75, 3.05) is 18.9 Å². The molecule has 0 aliphatic carbocycles. The Hall–Kier alpha value is -1.48. The summed E-state index contributed by atoms with van der Waals surface area (Å²) in [7, 11) is 0. The lowest BCUT2D eigenvalue weighted by atomic mass is 10.1. The SMILES string of the molecule is C=CCOC(=O)C(C#N)[C@@H]1SCC(=O)N1CC. The average molecular weight is 254 g/mol. The zero-order chi connectivity index (χ0) is 12.8. The molecule has 1 fully saturated rings. The summed E-state index contributed by atoms with van der Waals surface area (Å²) >= 11 is 1.30. The van der Waals surface area contributed by atoms with Gasteiger partial charge in [-0.1, -0.05) is 12.7 Å².